The molecule has 1 fully saturated rings. The minimum absolute atomic E-state index is 0.164. The molecule has 0 bridgehead atoms. The molecule has 1 amide bonds. The van der Waals surface area contributed by atoms with E-state index in [4.69, 9.17) is 12.2 Å². The van der Waals surface area contributed by atoms with Gasteiger partial charge in [0.25, 0.3) is 5.91 Å². The molecule has 7 nitrogen and oxygen atoms in total. The Labute approximate surface area is 201 Å². The largest absolute Gasteiger partial charge is 0.389 e. The first-order chi connectivity index (χ1) is 14.9. The van der Waals surface area contributed by atoms with E-state index in [1.165, 1.54) is 17.4 Å². The normalized spacial score (nSPS) is 18.3. The van der Waals surface area contributed by atoms with Gasteiger partial charge in [-0.3, -0.25) is 4.79 Å². The predicted molar refractivity (Wildman–Crippen MR) is 133 cm³/mol. The number of hydrogen-bond donors (Lipinski definition) is 4. The lowest BCUT2D eigenvalue weighted by atomic mass is 10.1. The zero-order valence-electron chi connectivity index (χ0n) is 16.4. The smallest absolute Gasteiger partial charge is 0.257 e. The summed E-state index contributed by atoms with van der Waals surface area (Å²) in [5.74, 6) is -0.663. The van der Waals surface area contributed by atoms with Crippen molar-refractivity contribution >= 4 is 78.1 Å². The van der Waals surface area contributed by atoms with E-state index in [1.54, 1.807) is 36.3 Å². The Morgan fingerprint density at radius 2 is 2.19 bits per heavy atom. The number of pyridine rings is 1. The van der Waals surface area contributed by atoms with E-state index in [1.807, 2.05) is 28.7 Å². The van der Waals surface area contributed by atoms with E-state index >= 15 is 0 Å². The molecule has 0 saturated carbocycles. The van der Waals surface area contributed by atoms with Crippen molar-refractivity contribution in [3.05, 3.63) is 51.5 Å². The minimum Gasteiger partial charge on any atom is -0.389 e. The predicted octanol–water partition coefficient (Wildman–Crippen LogP) is 3.06. The van der Waals surface area contributed by atoms with Crippen LogP contribution in [0.5, 0.6) is 0 Å². The van der Waals surface area contributed by atoms with Crippen molar-refractivity contribution in [2.24, 2.45) is 0 Å². The molecule has 0 unspecified atom stereocenters. The molecule has 3 aromatic rings. The lowest BCUT2D eigenvalue weighted by molar-refractivity contribution is 0.0768. The molecule has 4 rings (SSSR count). The first-order valence-electron chi connectivity index (χ1n) is 9.42. The maximum atomic E-state index is 14.4. The number of carbonyl (C=O) groups excluding carboxylic acids is 1. The SMILES string of the molecule is CNC(=S)N[C@H]1CN(C(=O)c2c(Nc3ccc(I)cc3F)sc3ncccc23)C[C@H]1O. The standard InChI is InChI=1S/C20H19FIN5O2S2/c1-23-20(30)26-14-8-27(9-15(14)28)19(29)16-11-3-2-6-24-17(11)31-18(16)25-13-5-4-10(22)7-12(13)21/h2-7,14-15,25,28H,8-9H2,1H3,(H2,23,26,30)/t14-,15+/m0/s1. The third-order valence-corrected chi connectivity index (χ3v) is 7.00. The second kappa shape index (κ2) is 9.18. The maximum absolute atomic E-state index is 14.4. The van der Waals surface area contributed by atoms with Gasteiger partial charge in [-0.1, -0.05) is 11.3 Å². The monoisotopic (exact) mass is 571 g/mol. The molecular weight excluding hydrogens is 552 g/mol. The number of hydrogen-bond acceptors (Lipinski definition) is 6. The molecule has 1 saturated heterocycles. The molecule has 0 radical (unpaired) electrons. The van der Waals surface area contributed by atoms with Gasteiger partial charge in [-0.25, -0.2) is 9.37 Å². The van der Waals surface area contributed by atoms with E-state index in [-0.39, 0.29) is 30.7 Å². The van der Waals surface area contributed by atoms with Crippen LogP contribution in [-0.4, -0.2) is 58.3 Å². The van der Waals surface area contributed by atoms with Gasteiger partial charge in [-0.15, -0.1) is 0 Å². The van der Waals surface area contributed by atoms with Gasteiger partial charge in [0.1, 0.15) is 15.6 Å². The van der Waals surface area contributed by atoms with Gasteiger partial charge in [0.2, 0.25) is 0 Å². The lowest BCUT2D eigenvalue weighted by Crippen LogP contribution is -2.46. The van der Waals surface area contributed by atoms with E-state index in [2.05, 4.69) is 20.9 Å². The van der Waals surface area contributed by atoms with Gasteiger partial charge in [-0.2, -0.15) is 0 Å². The zero-order valence-corrected chi connectivity index (χ0v) is 20.1. The van der Waals surface area contributed by atoms with E-state index in [0.717, 1.165) is 3.57 Å². The highest BCUT2D eigenvalue weighted by Crippen LogP contribution is 2.38. The molecule has 4 N–H and O–H groups in total. The van der Waals surface area contributed by atoms with Gasteiger partial charge in [-0.05, 0) is 65.1 Å². The number of rotatable bonds is 4. The molecule has 1 aliphatic heterocycles. The summed E-state index contributed by atoms with van der Waals surface area (Å²) in [6.45, 7) is 0.453. The van der Waals surface area contributed by atoms with Gasteiger partial charge >= 0.3 is 0 Å². The number of aliphatic hydroxyl groups excluding tert-OH is 1. The van der Waals surface area contributed by atoms with Crippen LogP contribution in [0.4, 0.5) is 15.1 Å². The second-order valence-electron chi connectivity index (χ2n) is 7.02. The van der Waals surface area contributed by atoms with E-state index in [9.17, 15) is 14.3 Å². The van der Waals surface area contributed by atoms with E-state index in [0.29, 0.717) is 25.9 Å². The van der Waals surface area contributed by atoms with Crippen molar-refractivity contribution in [2.45, 2.75) is 12.1 Å². The number of benzene rings is 1. The molecule has 2 aromatic heterocycles. The summed E-state index contributed by atoms with van der Waals surface area (Å²) < 4.78 is 15.2. The van der Waals surface area contributed by atoms with Crippen LogP contribution in [0.1, 0.15) is 10.4 Å². The summed E-state index contributed by atoms with van der Waals surface area (Å²) in [5, 5.41) is 20.9. The van der Waals surface area contributed by atoms with Crippen molar-refractivity contribution < 1.29 is 14.3 Å². The van der Waals surface area contributed by atoms with Crippen LogP contribution >= 0.6 is 46.1 Å². The van der Waals surface area contributed by atoms with Crippen molar-refractivity contribution in [1.29, 1.82) is 0 Å². The molecular formula is C20H19FIN5O2S2. The fourth-order valence-electron chi connectivity index (χ4n) is 3.44. The Morgan fingerprint density at radius 1 is 1.39 bits per heavy atom. The molecule has 0 aliphatic carbocycles. The van der Waals surface area contributed by atoms with Gasteiger partial charge < -0.3 is 26.0 Å². The average Bonchev–Trinajstić information content (AvgIpc) is 3.29. The number of fused-ring (bicyclic) bond motifs is 1. The summed E-state index contributed by atoms with van der Waals surface area (Å²) in [7, 11) is 1.69. The molecule has 0 spiro atoms. The van der Waals surface area contributed by atoms with Crippen molar-refractivity contribution in [3.8, 4) is 0 Å². The van der Waals surface area contributed by atoms with Crippen LogP contribution in [0, 0.1) is 9.39 Å². The van der Waals surface area contributed by atoms with Crippen LogP contribution in [0.3, 0.4) is 0 Å². The minimum atomic E-state index is -0.761. The number of nitrogens with one attached hydrogen (secondary N) is 3. The van der Waals surface area contributed by atoms with Crippen LogP contribution < -0.4 is 16.0 Å². The van der Waals surface area contributed by atoms with Crippen molar-refractivity contribution in [3.63, 3.8) is 0 Å². The number of likely N-dealkylation sites (tertiary alicyclic amines) is 1. The Kier molecular flexibility index (Phi) is 6.55. The summed E-state index contributed by atoms with van der Waals surface area (Å²) >= 11 is 8.45. The van der Waals surface area contributed by atoms with Crippen LogP contribution in [0.25, 0.3) is 10.2 Å². The molecule has 11 heteroatoms. The first kappa shape index (κ1) is 22.1. The highest BCUT2D eigenvalue weighted by atomic mass is 127. The Hall–Kier alpha value is -2.09. The third kappa shape index (κ3) is 4.59. The Bertz CT molecular complexity index is 1160. The number of thiocarbonyl (C=S) groups is 1. The summed E-state index contributed by atoms with van der Waals surface area (Å²) in [5.41, 5.74) is 0.691. The number of nitrogens with zero attached hydrogens (tertiary/aromatic N) is 2. The van der Waals surface area contributed by atoms with E-state index < -0.39 is 11.9 Å². The number of thiophene rings is 1. The second-order valence-corrected chi connectivity index (χ2v) is 9.67. The summed E-state index contributed by atoms with van der Waals surface area (Å²) in [4.78, 5) is 20.1. The number of anilines is 2. The van der Waals surface area contributed by atoms with Crippen molar-refractivity contribution in [1.82, 2.24) is 20.5 Å². The molecule has 3 heterocycles. The Balaban J connectivity index is 1.67. The van der Waals surface area contributed by atoms with Crippen molar-refractivity contribution in [2.75, 3.05) is 25.5 Å². The fourth-order valence-corrected chi connectivity index (χ4v) is 5.09. The molecule has 2 atom stereocenters. The highest BCUT2D eigenvalue weighted by molar-refractivity contribution is 14.1. The molecule has 31 heavy (non-hydrogen) atoms. The zero-order chi connectivity index (χ0) is 22.1. The number of carbonyl (C=O) groups is 1. The van der Waals surface area contributed by atoms with Crippen LogP contribution in [-0.2, 0) is 0 Å². The quantitative estimate of drug-likeness (QED) is 0.283. The third-order valence-electron chi connectivity index (χ3n) is 4.98. The lowest BCUT2D eigenvalue weighted by Gasteiger charge is -2.18. The molecule has 162 valence electrons. The van der Waals surface area contributed by atoms with Crippen LogP contribution in [0.2, 0.25) is 0 Å². The van der Waals surface area contributed by atoms with Gasteiger partial charge in [0.15, 0.2) is 5.11 Å². The summed E-state index contributed by atoms with van der Waals surface area (Å²) in [6, 6.07) is 8.05. The molecule has 1 aliphatic rings. The number of halogens is 2. The average molecular weight is 571 g/mol. The summed E-state index contributed by atoms with van der Waals surface area (Å²) in [6.07, 6.45) is 0.893. The molecule has 1 aromatic carbocycles. The van der Waals surface area contributed by atoms with Crippen LogP contribution in [0.15, 0.2) is 36.5 Å². The first-order valence-corrected chi connectivity index (χ1v) is 11.7. The topological polar surface area (TPSA) is 89.5 Å². The highest BCUT2D eigenvalue weighted by Gasteiger charge is 2.36. The Morgan fingerprint density at radius 3 is 2.94 bits per heavy atom. The van der Waals surface area contributed by atoms with Gasteiger partial charge in [0.05, 0.1) is 23.4 Å². The number of amides is 1. The number of β-amino-alcohol motifs (C(OH)–C–C–N with tert-alkyl or cyclic N) is 1. The number of aliphatic hydroxyl groups is 1. The van der Waals surface area contributed by atoms with Gasteiger partial charge in [0, 0.05) is 35.3 Å². The fraction of sp³-hybridized carbons (Fsp3) is 0.250. The maximum Gasteiger partial charge on any atom is 0.257 e. The number of aromatic nitrogens is 1.